The number of likely N-dealkylation sites (tertiary alicyclic amines) is 1. The van der Waals surface area contributed by atoms with Gasteiger partial charge in [0.1, 0.15) is 0 Å². The zero-order chi connectivity index (χ0) is 12.7. The van der Waals surface area contributed by atoms with E-state index in [-0.39, 0.29) is 12.1 Å². The highest BCUT2D eigenvalue weighted by Gasteiger charge is 2.31. The zero-order valence-electron chi connectivity index (χ0n) is 11.8. The van der Waals surface area contributed by atoms with E-state index in [1.165, 1.54) is 25.9 Å². The van der Waals surface area contributed by atoms with Crippen LogP contribution in [0.5, 0.6) is 0 Å². The monoisotopic (exact) mass is 242 g/mol. The van der Waals surface area contributed by atoms with Crippen LogP contribution in [0.3, 0.4) is 0 Å². The van der Waals surface area contributed by atoms with E-state index in [0.717, 1.165) is 25.9 Å². The Morgan fingerprint density at radius 1 is 1.29 bits per heavy atom. The minimum atomic E-state index is -0.0211. The molecular weight excluding hydrogens is 212 g/mol. The maximum absolute atomic E-state index is 9.71. The fourth-order valence-corrected chi connectivity index (χ4v) is 2.60. The third-order valence-electron chi connectivity index (χ3n) is 3.76. The SMILES string of the molecule is CCCN1CCCC(CO)(NCC(C)C)CC1. The molecule has 1 aliphatic rings. The summed E-state index contributed by atoms with van der Waals surface area (Å²) >= 11 is 0. The van der Waals surface area contributed by atoms with Crippen molar-refractivity contribution in [2.45, 2.75) is 52.0 Å². The normalized spacial score (nSPS) is 27.4. The molecule has 3 heteroatoms. The molecule has 0 amide bonds. The van der Waals surface area contributed by atoms with Crippen molar-refractivity contribution in [3.63, 3.8) is 0 Å². The van der Waals surface area contributed by atoms with Gasteiger partial charge in [-0.3, -0.25) is 0 Å². The molecule has 17 heavy (non-hydrogen) atoms. The third kappa shape index (κ3) is 4.94. The summed E-state index contributed by atoms with van der Waals surface area (Å²) in [5.74, 6) is 0.647. The van der Waals surface area contributed by atoms with Crippen molar-refractivity contribution in [3.8, 4) is 0 Å². The van der Waals surface area contributed by atoms with Gasteiger partial charge in [-0.1, -0.05) is 20.8 Å². The summed E-state index contributed by atoms with van der Waals surface area (Å²) in [6, 6.07) is 0. The van der Waals surface area contributed by atoms with Crippen LogP contribution in [0, 0.1) is 5.92 Å². The number of nitrogens with one attached hydrogen (secondary N) is 1. The number of nitrogens with zero attached hydrogens (tertiary/aromatic N) is 1. The molecule has 0 radical (unpaired) electrons. The van der Waals surface area contributed by atoms with Crippen molar-refractivity contribution in [2.75, 3.05) is 32.8 Å². The van der Waals surface area contributed by atoms with Gasteiger partial charge < -0.3 is 15.3 Å². The predicted octanol–water partition coefficient (Wildman–Crippen LogP) is 1.86. The second-order valence-corrected chi connectivity index (χ2v) is 5.91. The van der Waals surface area contributed by atoms with E-state index in [1.807, 2.05) is 0 Å². The topological polar surface area (TPSA) is 35.5 Å². The largest absolute Gasteiger partial charge is 0.394 e. The molecule has 1 aliphatic heterocycles. The number of rotatable bonds is 6. The second kappa shape index (κ2) is 7.34. The van der Waals surface area contributed by atoms with Gasteiger partial charge in [-0.05, 0) is 57.8 Å². The van der Waals surface area contributed by atoms with Crippen LogP contribution < -0.4 is 5.32 Å². The zero-order valence-corrected chi connectivity index (χ0v) is 11.8. The van der Waals surface area contributed by atoms with Gasteiger partial charge in [-0.15, -0.1) is 0 Å². The van der Waals surface area contributed by atoms with Crippen LogP contribution in [0.4, 0.5) is 0 Å². The van der Waals surface area contributed by atoms with E-state index in [4.69, 9.17) is 0 Å². The number of hydrogen-bond acceptors (Lipinski definition) is 3. The van der Waals surface area contributed by atoms with Gasteiger partial charge >= 0.3 is 0 Å². The molecule has 1 heterocycles. The molecule has 102 valence electrons. The molecule has 2 N–H and O–H groups in total. The molecule has 0 aromatic rings. The van der Waals surface area contributed by atoms with Crippen molar-refractivity contribution in [2.24, 2.45) is 5.92 Å². The van der Waals surface area contributed by atoms with Crippen LogP contribution >= 0.6 is 0 Å². The van der Waals surface area contributed by atoms with Gasteiger partial charge in [0.25, 0.3) is 0 Å². The Kier molecular flexibility index (Phi) is 6.45. The van der Waals surface area contributed by atoms with E-state index >= 15 is 0 Å². The fourth-order valence-electron chi connectivity index (χ4n) is 2.60. The average molecular weight is 242 g/mol. The first-order valence-electron chi connectivity index (χ1n) is 7.20. The molecule has 0 saturated carbocycles. The summed E-state index contributed by atoms with van der Waals surface area (Å²) in [7, 11) is 0. The number of aliphatic hydroxyl groups is 1. The van der Waals surface area contributed by atoms with E-state index in [1.54, 1.807) is 0 Å². The van der Waals surface area contributed by atoms with Crippen LogP contribution in [-0.4, -0.2) is 48.3 Å². The Balaban J connectivity index is 2.49. The molecule has 1 atom stereocenters. The van der Waals surface area contributed by atoms with Crippen molar-refractivity contribution in [1.82, 2.24) is 10.2 Å². The highest BCUT2D eigenvalue weighted by atomic mass is 16.3. The summed E-state index contributed by atoms with van der Waals surface area (Å²) in [6.07, 6.45) is 4.61. The first-order valence-corrected chi connectivity index (χ1v) is 7.20. The maximum atomic E-state index is 9.71. The summed E-state index contributed by atoms with van der Waals surface area (Å²) in [5, 5.41) is 13.3. The van der Waals surface area contributed by atoms with Gasteiger partial charge in [0.15, 0.2) is 0 Å². The molecule has 1 rings (SSSR count). The summed E-state index contributed by atoms with van der Waals surface area (Å²) in [5.41, 5.74) is -0.0211. The van der Waals surface area contributed by atoms with Crippen LogP contribution in [-0.2, 0) is 0 Å². The molecule has 0 spiro atoms. The van der Waals surface area contributed by atoms with Gasteiger partial charge in [-0.25, -0.2) is 0 Å². The lowest BCUT2D eigenvalue weighted by Crippen LogP contribution is -2.50. The average Bonchev–Trinajstić information content (AvgIpc) is 2.51. The summed E-state index contributed by atoms with van der Waals surface area (Å²) in [6.45, 7) is 11.5. The second-order valence-electron chi connectivity index (χ2n) is 5.91. The van der Waals surface area contributed by atoms with Crippen molar-refractivity contribution in [1.29, 1.82) is 0 Å². The van der Waals surface area contributed by atoms with Crippen LogP contribution in [0.15, 0.2) is 0 Å². The summed E-state index contributed by atoms with van der Waals surface area (Å²) in [4.78, 5) is 2.54. The molecule has 0 aromatic heterocycles. The number of aliphatic hydroxyl groups excluding tert-OH is 1. The van der Waals surface area contributed by atoms with Crippen molar-refractivity contribution >= 4 is 0 Å². The molecule has 0 bridgehead atoms. The fraction of sp³-hybridized carbons (Fsp3) is 1.00. The smallest absolute Gasteiger partial charge is 0.0613 e. The molecular formula is C14H30N2O. The lowest BCUT2D eigenvalue weighted by atomic mass is 9.91. The Labute approximate surface area is 107 Å². The minimum Gasteiger partial charge on any atom is -0.394 e. The van der Waals surface area contributed by atoms with E-state index in [9.17, 15) is 5.11 Å². The third-order valence-corrected chi connectivity index (χ3v) is 3.76. The van der Waals surface area contributed by atoms with E-state index in [0.29, 0.717) is 5.92 Å². The standard InChI is InChI=1S/C14H30N2O/c1-4-8-16-9-5-6-14(12-17,7-10-16)15-11-13(2)3/h13,15,17H,4-12H2,1-3H3. The van der Waals surface area contributed by atoms with Gasteiger partial charge in [0.05, 0.1) is 6.61 Å². The first kappa shape index (κ1) is 14.9. The van der Waals surface area contributed by atoms with Gasteiger partial charge in [0, 0.05) is 5.54 Å². The molecule has 3 nitrogen and oxygen atoms in total. The molecule has 0 aliphatic carbocycles. The lowest BCUT2D eigenvalue weighted by molar-refractivity contribution is 0.139. The lowest BCUT2D eigenvalue weighted by Gasteiger charge is -2.33. The predicted molar refractivity (Wildman–Crippen MR) is 73.2 cm³/mol. The Bertz CT molecular complexity index is 208. The van der Waals surface area contributed by atoms with Crippen LogP contribution in [0.25, 0.3) is 0 Å². The first-order chi connectivity index (χ1) is 8.12. The highest BCUT2D eigenvalue weighted by molar-refractivity contribution is 4.91. The highest BCUT2D eigenvalue weighted by Crippen LogP contribution is 2.22. The van der Waals surface area contributed by atoms with Crippen molar-refractivity contribution in [3.05, 3.63) is 0 Å². The van der Waals surface area contributed by atoms with Crippen LogP contribution in [0.1, 0.15) is 46.5 Å². The van der Waals surface area contributed by atoms with Gasteiger partial charge in [0.2, 0.25) is 0 Å². The maximum Gasteiger partial charge on any atom is 0.0613 e. The Morgan fingerprint density at radius 3 is 2.65 bits per heavy atom. The Morgan fingerprint density at radius 2 is 2.06 bits per heavy atom. The van der Waals surface area contributed by atoms with Crippen molar-refractivity contribution < 1.29 is 5.11 Å². The van der Waals surface area contributed by atoms with E-state index in [2.05, 4.69) is 31.0 Å². The molecule has 0 aromatic carbocycles. The van der Waals surface area contributed by atoms with Gasteiger partial charge in [-0.2, -0.15) is 0 Å². The molecule has 1 unspecified atom stereocenters. The van der Waals surface area contributed by atoms with E-state index < -0.39 is 0 Å². The quantitative estimate of drug-likeness (QED) is 0.746. The van der Waals surface area contributed by atoms with Crippen LogP contribution in [0.2, 0.25) is 0 Å². The molecule has 1 fully saturated rings. The minimum absolute atomic E-state index is 0.0211. The Hall–Kier alpha value is -0.120. The summed E-state index contributed by atoms with van der Waals surface area (Å²) < 4.78 is 0. The number of hydrogen-bond donors (Lipinski definition) is 2. The molecule has 1 saturated heterocycles.